The Balaban J connectivity index is 1.77. The fourth-order valence-electron chi connectivity index (χ4n) is 3.02. The molecule has 3 rings (SSSR count). The normalized spacial score (nSPS) is 16.0. The minimum Gasteiger partial charge on any atom is -0.508 e. The molecular formula is C19H20ClN3O5. The lowest BCUT2D eigenvalue weighted by Crippen LogP contribution is -2.39. The highest BCUT2D eigenvalue weighted by molar-refractivity contribution is 6.33. The van der Waals surface area contributed by atoms with Gasteiger partial charge in [0.15, 0.2) is 0 Å². The van der Waals surface area contributed by atoms with Crippen molar-refractivity contribution in [3.8, 4) is 5.75 Å². The zero-order valence-corrected chi connectivity index (χ0v) is 15.8. The van der Waals surface area contributed by atoms with E-state index in [4.69, 9.17) is 16.3 Å². The number of non-ortho nitro benzene ring substituents is 1. The number of para-hydroxylation sites is 1. The number of nitrogens with zero attached hydrogens (tertiary/aromatic N) is 2. The molecule has 9 heteroatoms. The summed E-state index contributed by atoms with van der Waals surface area (Å²) in [4.78, 5) is 24.7. The summed E-state index contributed by atoms with van der Waals surface area (Å²) in [7, 11) is 0. The second-order valence-corrected chi connectivity index (χ2v) is 6.90. The van der Waals surface area contributed by atoms with Crippen molar-refractivity contribution in [3.63, 3.8) is 0 Å². The van der Waals surface area contributed by atoms with E-state index in [1.54, 1.807) is 24.3 Å². The summed E-state index contributed by atoms with van der Waals surface area (Å²) in [6.07, 6.45) is 1.71. The molecule has 0 aliphatic carbocycles. The molecule has 0 bridgehead atoms. The fourth-order valence-corrected chi connectivity index (χ4v) is 3.24. The third-order valence-electron chi connectivity index (χ3n) is 4.49. The minimum absolute atomic E-state index is 0.0715. The first-order valence-corrected chi connectivity index (χ1v) is 9.20. The number of ether oxygens (including phenoxy) is 1. The number of carbonyl (C=O) groups is 1. The zero-order valence-electron chi connectivity index (χ0n) is 15.0. The molecule has 148 valence electrons. The molecule has 1 unspecified atom stereocenters. The van der Waals surface area contributed by atoms with E-state index >= 15 is 0 Å². The van der Waals surface area contributed by atoms with Crippen LogP contribution in [-0.2, 0) is 11.3 Å². The van der Waals surface area contributed by atoms with Crippen LogP contribution in [0.25, 0.3) is 0 Å². The van der Waals surface area contributed by atoms with Crippen molar-refractivity contribution < 1.29 is 19.6 Å². The Bertz CT molecular complexity index is 870. The highest BCUT2D eigenvalue weighted by Crippen LogP contribution is 2.27. The predicted octanol–water partition coefficient (Wildman–Crippen LogP) is 4.17. The molecule has 0 spiro atoms. The molecule has 1 heterocycles. The van der Waals surface area contributed by atoms with Gasteiger partial charge in [-0.05, 0) is 25.0 Å². The van der Waals surface area contributed by atoms with Gasteiger partial charge < -0.3 is 20.1 Å². The van der Waals surface area contributed by atoms with Crippen LogP contribution in [0, 0.1) is 10.1 Å². The first kappa shape index (κ1) is 19.9. The number of anilines is 1. The molecule has 2 aromatic rings. The molecule has 28 heavy (non-hydrogen) atoms. The number of amides is 2. The Kier molecular flexibility index (Phi) is 6.33. The Labute approximate surface area is 166 Å². The second-order valence-electron chi connectivity index (χ2n) is 6.50. The van der Waals surface area contributed by atoms with Crippen LogP contribution in [0.4, 0.5) is 16.2 Å². The molecule has 0 radical (unpaired) electrons. The zero-order chi connectivity index (χ0) is 20.1. The van der Waals surface area contributed by atoms with Gasteiger partial charge in [0, 0.05) is 30.8 Å². The number of aromatic hydroxyl groups is 1. The van der Waals surface area contributed by atoms with Gasteiger partial charge in [-0.1, -0.05) is 29.8 Å². The van der Waals surface area contributed by atoms with Gasteiger partial charge in [0.1, 0.15) is 5.75 Å². The number of hydrogen-bond donors (Lipinski definition) is 2. The lowest BCUT2D eigenvalue weighted by Gasteiger charge is -2.26. The van der Waals surface area contributed by atoms with E-state index in [9.17, 15) is 20.0 Å². The van der Waals surface area contributed by atoms with Gasteiger partial charge in [0.25, 0.3) is 5.69 Å². The minimum atomic E-state index is -0.556. The van der Waals surface area contributed by atoms with Crippen molar-refractivity contribution in [1.29, 1.82) is 0 Å². The Hall–Kier alpha value is -2.84. The number of benzene rings is 2. The number of carbonyl (C=O) groups excluding carboxylic acids is 1. The van der Waals surface area contributed by atoms with Crippen molar-refractivity contribution in [2.24, 2.45) is 0 Å². The summed E-state index contributed by atoms with van der Waals surface area (Å²) in [6.45, 7) is 1.19. The number of rotatable bonds is 6. The summed E-state index contributed by atoms with van der Waals surface area (Å²) in [6, 6.07) is 10.2. The Morgan fingerprint density at radius 3 is 2.79 bits per heavy atom. The van der Waals surface area contributed by atoms with Crippen molar-refractivity contribution in [2.75, 3.05) is 18.5 Å². The quantitative estimate of drug-likeness (QED) is 0.554. The molecule has 0 aromatic heterocycles. The number of urea groups is 1. The van der Waals surface area contributed by atoms with Crippen molar-refractivity contribution >= 4 is 29.0 Å². The van der Waals surface area contributed by atoms with Gasteiger partial charge in [0.2, 0.25) is 0 Å². The monoisotopic (exact) mass is 405 g/mol. The summed E-state index contributed by atoms with van der Waals surface area (Å²) in [5.74, 6) is 0.0982. The number of nitrogens with one attached hydrogen (secondary N) is 1. The van der Waals surface area contributed by atoms with Gasteiger partial charge in [-0.3, -0.25) is 10.1 Å². The Morgan fingerprint density at radius 1 is 1.36 bits per heavy atom. The third-order valence-corrected chi connectivity index (χ3v) is 4.81. The summed E-state index contributed by atoms with van der Waals surface area (Å²) in [5, 5.41) is 23.6. The van der Waals surface area contributed by atoms with Crippen LogP contribution in [0.5, 0.6) is 5.75 Å². The molecule has 1 atom stereocenters. The molecule has 1 aliphatic heterocycles. The number of nitro benzene ring substituents is 1. The van der Waals surface area contributed by atoms with E-state index in [1.807, 2.05) is 0 Å². The van der Waals surface area contributed by atoms with Crippen LogP contribution in [0.2, 0.25) is 5.02 Å². The molecular weight excluding hydrogens is 386 g/mol. The van der Waals surface area contributed by atoms with Crippen LogP contribution in [0.3, 0.4) is 0 Å². The van der Waals surface area contributed by atoms with Crippen LogP contribution in [-0.4, -0.2) is 40.2 Å². The van der Waals surface area contributed by atoms with E-state index in [1.165, 1.54) is 23.1 Å². The lowest BCUT2D eigenvalue weighted by atomic mass is 10.1. The second kappa shape index (κ2) is 8.90. The van der Waals surface area contributed by atoms with Gasteiger partial charge in [-0.2, -0.15) is 0 Å². The first-order valence-electron chi connectivity index (χ1n) is 8.82. The standard InChI is InChI=1S/C19H20ClN3O5/c20-16-10-14(23(26)27)7-8-17(16)21-19(25)22(12-15-5-3-9-28-15)11-13-4-1-2-6-18(13)24/h1-2,4,6-8,10,15,24H,3,5,9,11-12H2,(H,21,25). The van der Waals surface area contributed by atoms with E-state index in [0.29, 0.717) is 18.7 Å². The van der Waals surface area contributed by atoms with Crippen LogP contribution in [0.1, 0.15) is 18.4 Å². The number of halogens is 1. The fraction of sp³-hybridized carbons (Fsp3) is 0.316. The summed E-state index contributed by atoms with van der Waals surface area (Å²) in [5.41, 5.74) is 0.714. The van der Waals surface area contributed by atoms with Crippen LogP contribution in [0.15, 0.2) is 42.5 Å². The van der Waals surface area contributed by atoms with Crippen LogP contribution >= 0.6 is 11.6 Å². The van der Waals surface area contributed by atoms with Crippen LogP contribution < -0.4 is 5.32 Å². The van der Waals surface area contributed by atoms with E-state index < -0.39 is 11.0 Å². The largest absolute Gasteiger partial charge is 0.508 e. The predicted molar refractivity (Wildman–Crippen MR) is 105 cm³/mol. The van der Waals surface area contributed by atoms with Gasteiger partial charge >= 0.3 is 6.03 Å². The smallest absolute Gasteiger partial charge is 0.322 e. The third kappa shape index (κ3) is 4.90. The van der Waals surface area contributed by atoms with Gasteiger partial charge in [-0.25, -0.2) is 4.79 Å². The van der Waals surface area contributed by atoms with Crippen molar-refractivity contribution in [1.82, 2.24) is 4.90 Å². The SMILES string of the molecule is O=C(Nc1ccc([N+](=O)[O-])cc1Cl)N(Cc1ccccc1O)CC1CCCO1. The van der Waals surface area contributed by atoms with E-state index in [2.05, 4.69) is 5.32 Å². The average Bonchev–Trinajstić information content (AvgIpc) is 3.17. The maximum Gasteiger partial charge on any atom is 0.322 e. The number of hydrogen-bond acceptors (Lipinski definition) is 5. The highest BCUT2D eigenvalue weighted by atomic mass is 35.5. The molecule has 2 aromatic carbocycles. The molecule has 1 saturated heterocycles. The molecule has 1 fully saturated rings. The molecule has 2 amide bonds. The van der Waals surface area contributed by atoms with Gasteiger partial charge in [-0.15, -0.1) is 0 Å². The van der Waals surface area contributed by atoms with Crippen molar-refractivity contribution in [2.45, 2.75) is 25.5 Å². The number of phenols is 1. The molecule has 8 nitrogen and oxygen atoms in total. The molecule has 1 aliphatic rings. The number of phenolic OH excluding ortho intramolecular Hbond substituents is 1. The van der Waals surface area contributed by atoms with Crippen molar-refractivity contribution in [3.05, 3.63) is 63.2 Å². The molecule has 2 N–H and O–H groups in total. The highest BCUT2D eigenvalue weighted by Gasteiger charge is 2.24. The topological polar surface area (TPSA) is 105 Å². The molecule has 0 saturated carbocycles. The average molecular weight is 406 g/mol. The summed E-state index contributed by atoms with van der Waals surface area (Å²) >= 11 is 6.08. The lowest BCUT2D eigenvalue weighted by molar-refractivity contribution is -0.384. The van der Waals surface area contributed by atoms with Gasteiger partial charge in [0.05, 0.1) is 28.3 Å². The summed E-state index contributed by atoms with van der Waals surface area (Å²) < 4.78 is 5.63. The number of nitro groups is 1. The maximum absolute atomic E-state index is 12.9. The van der Waals surface area contributed by atoms with E-state index in [-0.39, 0.29) is 34.8 Å². The first-order chi connectivity index (χ1) is 13.4. The Morgan fingerprint density at radius 2 is 2.14 bits per heavy atom. The maximum atomic E-state index is 12.9. The van der Waals surface area contributed by atoms with E-state index in [0.717, 1.165) is 12.8 Å².